The molecule has 0 saturated carbocycles. The first-order chi connectivity index (χ1) is 16.7. The van der Waals surface area contributed by atoms with Crippen LogP contribution in [0.1, 0.15) is 22.8 Å². The van der Waals surface area contributed by atoms with Crippen molar-refractivity contribution < 1.29 is 0 Å². The molecule has 0 aliphatic carbocycles. The molecule has 0 unspecified atom stereocenters. The van der Waals surface area contributed by atoms with E-state index in [0.717, 1.165) is 71.5 Å². The van der Waals surface area contributed by atoms with E-state index in [0.29, 0.717) is 0 Å². The summed E-state index contributed by atoms with van der Waals surface area (Å²) >= 11 is 3.57. The Morgan fingerprint density at radius 2 is 1.15 bits per heavy atom. The Morgan fingerprint density at radius 3 is 1.76 bits per heavy atom. The molecule has 0 amide bonds. The van der Waals surface area contributed by atoms with Gasteiger partial charge < -0.3 is 15.0 Å². The van der Waals surface area contributed by atoms with Gasteiger partial charge in [0, 0.05) is 43.0 Å². The Hall–Kier alpha value is -4.16. The first-order valence-corrected chi connectivity index (χ1v) is 11.8. The van der Waals surface area contributed by atoms with Gasteiger partial charge in [-0.1, -0.05) is 22.0 Å². The van der Waals surface area contributed by atoms with Gasteiger partial charge in [0.25, 0.3) is 0 Å². The van der Waals surface area contributed by atoms with Crippen LogP contribution in [-0.4, -0.2) is 24.9 Å². The molecule has 34 heavy (non-hydrogen) atoms. The van der Waals surface area contributed by atoms with Crippen molar-refractivity contribution in [3.05, 3.63) is 94.0 Å². The molecule has 5 nitrogen and oxygen atoms in total. The van der Waals surface area contributed by atoms with Crippen LogP contribution in [0.25, 0.3) is 68.5 Å². The Kier molecular flexibility index (Phi) is 4.22. The number of aromatic nitrogens is 5. The van der Waals surface area contributed by atoms with E-state index in [9.17, 15) is 0 Å². The highest BCUT2D eigenvalue weighted by Crippen LogP contribution is 2.33. The molecule has 2 aliphatic rings. The molecular weight excluding hydrogens is 486 g/mol. The van der Waals surface area contributed by atoms with Crippen molar-refractivity contribution in [2.45, 2.75) is 0 Å². The topological polar surface area (TPSA) is 73.2 Å². The molecular formula is C28H18BrN5. The minimum absolute atomic E-state index is 0.883. The van der Waals surface area contributed by atoms with Gasteiger partial charge in [0.15, 0.2) is 0 Å². The average molecular weight is 504 g/mol. The van der Waals surface area contributed by atoms with Crippen LogP contribution in [0, 0.1) is 0 Å². The van der Waals surface area contributed by atoms with E-state index in [1.54, 1.807) is 0 Å². The van der Waals surface area contributed by atoms with Gasteiger partial charge in [-0.05, 0) is 85.0 Å². The van der Waals surface area contributed by atoms with E-state index in [1.807, 2.05) is 12.2 Å². The number of benzene rings is 1. The molecule has 162 valence electrons. The Balaban J connectivity index is 1.57. The van der Waals surface area contributed by atoms with Gasteiger partial charge in [0.2, 0.25) is 0 Å². The summed E-state index contributed by atoms with van der Waals surface area (Å²) in [4.78, 5) is 20.4. The van der Waals surface area contributed by atoms with E-state index in [4.69, 9.17) is 9.97 Å². The quantitative estimate of drug-likeness (QED) is 0.216. The molecule has 0 fully saturated rings. The molecule has 0 spiro atoms. The standard InChI is InChI=1S/C28H18BrN5/c29-17-2-1-16-11-27(34-26(16)12-17)28-24-9-7-22(32-24)14-20-5-3-18(30-20)13-19-4-6-21(31-19)15-23-8-10-25(28)33-23/h1-15,30-31,34H. The molecule has 0 saturated heterocycles. The van der Waals surface area contributed by atoms with Crippen LogP contribution in [-0.2, 0) is 0 Å². The molecule has 0 radical (unpaired) electrons. The predicted octanol–water partition coefficient (Wildman–Crippen LogP) is 7.57. The van der Waals surface area contributed by atoms with Gasteiger partial charge in [-0.25, -0.2) is 9.97 Å². The summed E-state index contributed by atoms with van der Waals surface area (Å²) < 4.78 is 1.04. The predicted molar refractivity (Wildman–Crippen MR) is 144 cm³/mol. The highest BCUT2D eigenvalue weighted by atomic mass is 79.9. The minimum Gasteiger partial charge on any atom is -0.355 e. The van der Waals surface area contributed by atoms with Crippen LogP contribution in [0.15, 0.2) is 71.2 Å². The van der Waals surface area contributed by atoms with Gasteiger partial charge in [-0.15, -0.1) is 0 Å². The average Bonchev–Trinajstić information content (AvgIpc) is 3.62. The third-order valence-corrected chi connectivity index (χ3v) is 6.56. The lowest BCUT2D eigenvalue weighted by molar-refractivity contribution is 1.26. The van der Waals surface area contributed by atoms with Gasteiger partial charge in [0.05, 0.1) is 28.5 Å². The molecule has 1 aromatic carbocycles. The van der Waals surface area contributed by atoms with Crippen LogP contribution in [0.2, 0.25) is 0 Å². The summed E-state index contributed by atoms with van der Waals surface area (Å²) in [6.07, 6.45) is 8.21. The summed E-state index contributed by atoms with van der Waals surface area (Å²) in [5, 5.41) is 1.14. The molecule has 3 N–H and O–H groups in total. The smallest absolute Gasteiger partial charge is 0.0752 e. The van der Waals surface area contributed by atoms with Crippen LogP contribution in [0.3, 0.4) is 0 Å². The number of fused-ring (bicyclic) bond motifs is 9. The number of aromatic amines is 3. The second-order valence-electron chi connectivity index (χ2n) is 8.47. The second-order valence-corrected chi connectivity index (χ2v) is 9.39. The highest BCUT2D eigenvalue weighted by Gasteiger charge is 2.16. The number of rotatable bonds is 1. The lowest BCUT2D eigenvalue weighted by atomic mass is 10.1. The summed E-state index contributed by atoms with van der Waals surface area (Å²) in [5.74, 6) is 0. The van der Waals surface area contributed by atoms with E-state index in [2.05, 4.69) is 110 Å². The van der Waals surface area contributed by atoms with Gasteiger partial charge in [-0.3, -0.25) is 0 Å². The molecule has 6 heteroatoms. The minimum atomic E-state index is 0.883. The first-order valence-electron chi connectivity index (χ1n) is 11.0. The number of nitrogens with zero attached hydrogens (tertiary/aromatic N) is 2. The van der Waals surface area contributed by atoms with E-state index < -0.39 is 0 Å². The molecule has 0 atom stereocenters. The first kappa shape index (κ1) is 19.3. The normalized spacial score (nSPS) is 12.6. The largest absolute Gasteiger partial charge is 0.355 e. The third-order valence-electron chi connectivity index (χ3n) is 6.07. The van der Waals surface area contributed by atoms with Crippen LogP contribution in [0.5, 0.6) is 0 Å². The number of H-pyrrole nitrogens is 3. The monoisotopic (exact) mass is 503 g/mol. The third kappa shape index (κ3) is 3.40. The zero-order chi connectivity index (χ0) is 22.6. The maximum Gasteiger partial charge on any atom is 0.0752 e. The fourth-order valence-corrected chi connectivity index (χ4v) is 4.88. The van der Waals surface area contributed by atoms with Crippen molar-refractivity contribution in [3.63, 3.8) is 0 Å². The zero-order valence-corrected chi connectivity index (χ0v) is 19.5. The van der Waals surface area contributed by atoms with E-state index >= 15 is 0 Å². The summed E-state index contributed by atoms with van der Waals surface area (Å²) in [6, 6.07) is 22.9. The lowest BCUT2D eigenvalue weighted by Crippen LogP contribution is -1.89. The van der Waals surface area contributed by atoms with Crippen molar-refractivity contribution in [3.8, 4) is 11.3 Å². The van der Waals surface area contributed by atoms with Crippen LogP contribution in [0.4, 0.5) is 0 Å². The van der Waals surface area contributed by atoms with Gasteiger partial charge in [0.1, 0.15) is 0 Å². The lowest BCUT2D eigenvalue weighted by Gasteiger charge is -2.01. The Labute approximate surface area is 203 Å². The maximum atomic E-state index is 4.96. The second kappa shape index (κ2) is 7.43. The zero-order valence-electron chi connectivity index (χ0n) is 17.9. The summed E-state index contributed by atoms with van der Waals surface area (Å²) in [7, 11) is 0. The van der Waals surface area contributed by atoms with Crippen molar-refractivity contribution in [2.75, 3.05) is 0 Å². The summed E-state index contributed by atoms with van der Waals surface area (Å²) in [5.41, 5.74) is 10.7. The van der Waals surface area contributed by atoms with Crippen molar-refractivity contribution in [1.82, 2.24) is 24.9 Å². The fraction of sp³-hybridized carbons (Fsp3) is 0. The Bertz CT molecular complexity index is 1740. The number of nitrogens with one attached hydrogen (secondary N) is 3. The van der Waals surface area contributed by atoms with Crippen LogP contribution >= 0.6 is 15.9 Å². The van der Waals surface area contributed by atoms with E-state index in [1.165, 1.54) is 0 Å². The number of hydrogen-bond acceptors (Lipinski definition) is 2. The molecule has 5 aromatic rings. The van der Waals surface area contributed by atoms with E-state index in [-0.39, 0.29) is 0 Å². The summed E-state index contributed by atoms with van der Waals surface area (Å²) in [6.45, 7) is 0. The number of hydrogen-bond donors (Lipinski definition) is 3. The highest BCUT2D eigenvalue weighted by molar-refractivity contribution is 9.10. The molecule has 6 heterocycles. The van der Waals surface area contributed by atoms with Crippen molar-refractivity contribution in [2.24, 2.45) is 0 Å². The van der Waals surface area contributed by atoms with Gasteiger partial charge >= 0.3 is 0 Å². The Morgan fingerprint density at radius 1 is 0.559 bits per heavy atom. The number of halogens is 1. The SMILES string of the molecule is Brc1ccc2cc(-c3c4nc(cc5ccc(cc6ccc(cc7nc3C=C7)[nH]6)[nH]5)C=C4)[nH]c2c1. The maximum absolute atomic E-state index is 4.96. The van der Waals surface area contributed by atoms with Crippen LogP contribution < -0.4 is 0 Å². The molecule has 2 aliphatic heterocycles. The molecule has 8 bridgehead atoms. The van der Waals surface area contributed by atoms with Gasteiger partial charge in [-0.2, -0.15) is 0 Å². The molecule has 7 rings (SSSR count). The fourth-order valence-electron chi connectivity index (χ4n) is 4.52. The van der Waals surface area contributed by atoms with Crippen molar-refractivity contribution in [1.29, 1.82) is 0 Å². The molecule has 4 aromatic heterocycles. The van der Waals surface area contributed by atoms with Crippen molar-refractivity contribution >= 4 is 73.2 Å².